The Morgan fingerprint density at radius 2 is 2.31 bits per heavy atom. The van der Waals surface area contributed by atoms with E-state index >= 15 is 0 Å². The van der Waals surface area contributed by atoms with Gasteiger partial charge in [0.25, 0.3) is 0 Å². The average molecular weight is 186 g/mol. The molecule has 0 radical (unpaired) electrons. The zero-order valence-corrected chi connectivity index (χ0v) is 8.04. The fourth-order valence-corrected chi connectivity index (χ4v) is 1.25. The fraction of sp³-hybridized carbons (Fsp3) is 0.800. The van der Waals surface area contributed by atoms with Gasteiger partial charge >= 0.3 is 0 Å². The van der Waals surface area contributed by atoms with Crippen molar-refractivity contribution in [1.29, 1.82) is 0 Å². The zero-order valence-electron chi connectivity index (χ0n) is 8.04. The quantitative estimate of drug-likeness (QED) is 0.467. The van der Waals surface area contributed by atoms with Crippen molar-refractivity contribution in [2.75, 3.05) is 26.4 Å². The third-order valence-corrected chi connectivity index (χ3v) is 1.91. The summed E-state index contributed by atoms with van der Waals surface area (Å²) >= 11 is 0. The summed E-state index contributed by atoms with van der Waals surface area (Å²) in [6.07, 6.45) is 5.12. The van der Waals surface area contributed by atoms with E-state index in [9.17, 15) is 0 Å². The van der Waals surface area contributed by atoms with Crippen molar-refractivity contribution in [1.82, 2.24) is 0 Å². The van der Waals surface area contributed by atoms with Gasteiger partial charge in [-0.3, -0.25) is 0 Å². The standard InChI is InChI=1S/C10H18O3/c1-2-6-11-8-9-13-10-5-3-4-7-12-10/h2,10H,1,3-9H2. The summed E-state index contributed by atoms with van der Waals surface area (Å²) < 4.78 is 16.0. The summed E-state index contributed by atoms with van der Waals surface area (Å²) in [5.41, 5.74) is 0. The molecule has 3 nitrogen and oxygen atoms in total. The Morgan fingerprint density at radius 3 is 3.00 bits per heavy atom. The topological polar surface area (TPSA) is 27.7 Å². The van der Waals surface area contributed by atoms with Crippen LogP contribution in [-0.4, -0.2) is 32.7 Å². The molecule has 0 N–H and O–H groups in total. The highest BCUT2D eigenvalue weighted by Crippen LogP contribution is 2.13. The van der Waals surface area contributed by atoms with Gasteiger partial charge in [0.05, 0.1) is 19.8 Å². The second kappa shape index (κ2) is 7.06. The fourth-order valence-electron chi connectivity index (χ4n) is 1.25. The van der Waals surface area contributed by atoms with E-state index in [0.29, 0.717) is 19.8 Å². The van der Waals surface area contributed by atoms with Gasteiger partial charge in [0.2, 0.25) is 0 Å². The maximum absolute atomic E-state index is 5.45. The van der Waals surface area contributed by atoms with Gasteiger partial charge in [-0.05, 0) is 19.3 Å². The summed E-state index contributed by atoms with van der Waals surface area (Å²) in [7, 11) is 0. The first kappa shape index (κ1) is 10.7. The van der Waals surface area contributed by atoms with Crippen molar-refractivity contribution in [3.8, 4) is 0 Å². The van der Waals surface area contributed by atoms with Gasteiger partial charge in [0.1, 0.15) is 0 Å². The third-order valence-electron chi connectivity index (χ3n) is 1.91. The first-order chi connectivity index (χ1) is 6.43. The Balaban J connectivity index is 1.89. The lowest BCUT2D eigenvalue weighted by atomic mass is 10.2. The molecule has 1 saturated heterocycles. The van der Waals surface area contributed by atoms with Crippen molar-refractivity contribution in [3.63, 3.8) is 0 Å². The monoisotopic (exact) mass is 186 g/mol. The lowest BCUT2D eigenvalue weighted by Crippen LogP contribution is -2.23. The molecule has 1 heterocycles. The van der Waals surface area contributed by atoms with Crippen molar-refractivity contribution >= 4 is 0 Å². The van der Waals surface area contributed by atoms with E-state index in [2.05, 4.69) is 6.58 Å². The van der Waals surface area contributed by atoms with Crippen LogP contribution in [0.2, 0.25) is 0 Å². The molecule has 0 amide bonds. The first-order valence-electron chi connectivity index (χ1n) is 4.85. The minimum absolute atomic E-state index is 0.00100. The molecule has 13 heavy (non-hydrogen) atoms. The highest BCUT2D eigenvalue weighted by Gasteiger charge is 2.13. The van der Waals surface area contributed by atoms with Crippen LogP contribution in [0.1, 0.15) is 19.3 Å². The number of ether oxygens (including phenoxy) is 3. The van der Waals surface area contributed by atoms with Crippen molar-refractivity contribution in [2.24, 2.45) is 0 Å². The van der Waals surface area contributed by atoms with Gasteiger partial charge in [-0.15, -0.1) is 6.58 Å². The smallest absolute Gasteiger partial charge is 0.157 e. The van der Waals surface area contributed by atoms with Crippen LogP contribution in [0, 0.1) is 0 Å². The third kappa shape index (κ3) is 5.03. The van der Waals surface area contributed by atoms with Crippen LogP contribution >= 0.6 is 0 Å². The van der Waals surface area contributed by atoms with E-state index < -0.39 is 0 Å². The molecule has 0 aromatic carbocycles. The van der Waals surface area contributed by atoms with Gasteiger partial charge in [0.15, 0.2) is 6.29 Å². The Morgan fingerprint density at radius 1 is 1.38 bits per heavy atom. The molecule has 1 atom stereocenters. The molecule has 0 spiro atoms. The van der Waals surface area contributed by atoms with Crippen molar-refractivity contribution in [2.45, 2.75) is 25.6 Å². The molecule has 1 aliphatic rings. The number of rotatable bonds is 6. The van der Waals surface area contributed by atoms with Gasteiger partial charge in [0, 0.05) is 6.61 Å². The van der Waals surface area contributed by atoms with Crippen LogP contribution in [0.3, 0.4) is 0 Å². The van der Waals surface area contributed by atoms with Crippen LogP contribution in [-0.2, 0) is 14.2 Å². The molecule has 1 rings (SSSR count). The van der Waals surface area contributed by atoms with Crippen LogP contribution in [0.25, 0.3) is 0 Å². The molecule has 0 aromatic rings. The maximum atomic E-state index is 5.45. The number of hydrogen-bond donors (Lipinski definition) is 0. The molecule has 0 aromatic heterocycles. The minimum Gasteiger partial charge on any atom is -0.375 e. The second-order valence-corrected chi connectivity index (χ2v) is 3.03. The number of hydrogen-bond acceptors (Lipinski definition) is 3. The van der Waals surface area contributed by atoms with Gasteiger partial charge in [-0.25, -0.2) is 0 Å². The molecule has 0 saturated carbocycles. The molecular weight excluding hydrogens is 168 g/mol. The molecule has 1 unspecified atom stereocenters. The minimum atomic E-state index is 0.00100. The van der Waals surface area contributed by atoms with E-state index in [1.165, 1.54) is 6.42 Å². The summed E-state index contributed by atoms with van der Waals surface area (Å²) in [4.78, 5) is 0. The van der Waals surface area contributed by atoms with E-state index in [1.54, 1.807) is 6.08 Å². The predicted molar refractivity (Wildman–Crippen MR) is 50.6 cm³/mol. The Kier molecular flexibility index (Phi) is 5.81. The average Bonchev–Trinajstić information content (AvgIpc) is 2.19. The summed E-state index contributed by atoms with van der Waals surface area (Å²) in [5, 5.41) is 0. The Hall–Kier alpha value is -0.380. The van der Waals surface area contributed by atoms with Gasteiger partial charge < -0.3 is 14.2 Å². The first-order valence-corrected chi connectivity index (χ1v) is 4.85. The maximum Gasteiger partial charge on any atom is 0.157 e. The van der Waals surface area contributed by atoms with E-state index in [-0.39, 0.29) is 6.29 Å². The summed E-state index contributed by atoms with van der Waals surface area (Å²) in [6.45, 7) is 6.21. The van der Waals surface area contributed by atoms with Gasteiger partial charge in [-0.1, -0.05) is 6.08 Å². The molecule has 1 aliphatic heterocycles. The van der Waals surface area contributed by atoms with Crippen molar-refractivity contribution in [3.05, 3.63) is 12.7 Å². The lowest BCUT2D eigenvalue weighted by molar-refractivity contribution is -0.168. The SMILES string of the molecule is C=CCOCCOC1CCCCO1. The normalized spacial score (nSPS) is 22.9. The van der Waals surface area contributed by atoms with Crippen molar-refractivity contribution < 1.29 is 14.2 Å². The Labute approximate surface area is 79.7 Å². The van der Waals surface area contributed by atoms with E-state index in [0.717, 1.165) is 19.4 Å². The summed E-state index contributed by atoms with van der Waals surface area (Å²) in [6, 6.07) is 0. The molecule has 0 aliphatic carbocycles. The predicted octanol–water partition coefficient (Wildman–Crippen LogP) is 1.73. The van der Waals surface area contributed by atoms with Crippen LogP contribution in [0.4, 0.5) is 0 Å². The molecular formula is C10H18O3. The van der Waals surface area contributed by atoms with Gasteiger partial charge in [-0.2, -0.15) is 0 Å². The molecule has 76 valence electrons. The second-order valence-electron chi connectivity index (χ2n) is 3.03. The van der Waals surface area contributed by atoms with Crippen LogP contribution < -0.4 is 0 Å². The summed E-state index contributed by atoms with van der Waals surface area (Å²) in [5.74, 6) is 0. The molecule has 1 fully saturated rings. The molecule has 3 heteroatoms. The van der Waals surface area contributed by atoms with E-state index in [1.807, 2.05) is 0 Å². The highest BCUT2D eigenvalue weighted by atomic mass is 16.7. The Bertz CT molecular complexity index is 130. The molecule has 0 bridgehead atoms. The van der Waals surface area contributed by atoms with E-state index in [4.69, 9.17) is 14.2 Å². The zero-order chi connectivity index (χ0) is 9.36. The largest absolute Gasteiger partial charge is 0.375 e. The highest BCUT2D eigenvalue weighted by molar-refractivity contribution is 4.63. The van der Waals surface area contributed by atoms with Crippen LogP contribution in [0.15, 0.2) is 12.7 Å². The van der Waals surface area contributed by atoms with Crippen LogP contribution in [0.5, 0.6) is 0 Å². The lowest BCUT2D eigenvalue weighted by Gasteiger charge is -2.22.